The minimum absolute atomic E-state index is 0.0902. The first-order valence-electron chi connectivity index (χ1n) is 10.3. The minimum Gasteiger partial charge on any atom is -0.476 e. The molecule has 3 heterocycles. The highest BCUT2D eigenvalue weighted by molar-refractivity contribution is 6.29. The Bertz CT molecular complexity index is 1350. The van der Waals surface area contributed by atoms with Crippen molar-refractivity contribution in [2.75, 3.05) is 23.3 Å². The van der Waals surface area contributed by atoms with Crippen molar-refractivity contribution in [3.05, 3.63) is 51.9 Å². The number of hydrogen-bond donors (Lipinski definition) is 2. The quantitative estimate of drug-likeness (QED) is 0.538. The smallest absolute Gasteiger partial charge is 0.356 e. The molecule has 4 rings (SSSR count). The van der Waals surface area contributed by atoms with Crippen LogP contribution in [0, 0.1) is 35.5 Å². The van der Waals surface area contributed by atoms with E-state index >= 15 is 0 Å². The molecule has 2 N–H and O–H groups in total. The maximum Gasteiger partial charge on any atom is 0.356 e. The van der Waals surface area contributed by atoms with Gasteiger partial charge in [0.2, 0.25) is 0 Å². The third kappa shape index (κ3) is 4.36. The van der Waals surface area contributed by atoms with Crippen molar-refractivity contribution in [1.29, 1.82) is 10.5 Å². The number of rotatable bonds is 5. The lowest BCUT2D eigenvalue weighted by Gasteiger charge is -2.21. The summed E-state index contributed by atoms with van der Waals surface area (Å²) < 4.78 is 0. The molecule has 0 amide bonds. The van der Waals surface area contributed by atoms with E-state index in [0.29, 0.717) is 42.0 Å². The first kappa shape index (κ1) is 22.3. The second-order valence-electron chi connectivity index (χ2n) is 7.99. The van der Waals surface area contributed by atoms with Gasteiger partial charge in [0, 0.05) is 18.7 Å². The van der Waals surface area contributed by atoms with Crippen molar-refractivity contribution in [1.82, 2.24) is 15.0 Å². The topological polar surface area (TPSA) is 139 Å². The van der Waals surface area contributed by atoms with Crippen molar-refractivity contribution >= 4 is 40.1 Å². The third-order valence-electron chi connectivity index (χ3n) is 5.60. The molecule has 0 radical (unpaired) electrons. The van der Waals surface area contributed by atoms with Crippen LogP contribution in [0.2, 0.25) is 5.15 Å². The molecule has 9 nitrogen and oxygen atoms in total. The number of fused-ring (bicyclic) bond motifs is 1. The standard InChI is InChI=1S/C23H20ClN7O2/c1-12-7-15(13(2)27-16-3-4-19(24)29-21(16)23(32)33)20-17(8-12)28-18(10-26)22(30-20)31-6-5-14(9-25)11-31/h3-4,7-8,13-14,27H,5-6,11H2,1-2H3,(H,32,33)/t13-,14-/m1/s1. The number of carboxylic acid groups (broad SMARTS) is 1. The van der Waals surface area contributed by atoms with Gasteiger partial charge in [-0.1, -0.05) is 17.7 Å². The van der Waals surface area contributed by atoms with Crippen molar-refractivity contribution in [2.45, 2.75) is 26.3 Å². The van der Waals surface area contributed by atoms with Gasteiger partial charge in [-0.3, -0.25) is 0 Å². The van der Waals surface area contributed by atoms with Crippen LogP contribution in [0.3, 0.4) is 0 Å². The highest BCUT2D eigenvalue weighted by Crippen LogP contribution is 2.32. The van der Waals surface area contributed by atoms with Crippen molar-refractivity contribution in [2.24, 2.45) is 5.92 Å². The molecule has 1 aliphatic rings. The van der Waals surface area contributed by atoms with Crippen LogP contribution in [0.4, 0.5) is 11.5 Å². The molecule has 0 spiro atoms. The molecule has 0 aliphatic carbocycles. The first-order valence-corrected chi connectivity index (χ1v) is 10.7. The molecule has 1 saturated heterocycles. The number of nitriles is 2. The number of hydrogen-bond acceptors (Lipinski definition) is 8. The molecule has 2 atom stereocenters. The molecular formula is C23H20ClN7O2. The summed E-state index contributed by atoms with van der Waals surface area (Å²) in [5.74, 6) is -0.846. The Balaban J connectivity index is 1.79. The van der Waals surface area contributed by atoms with Gasteiger partial charge >= 0.3 is 5.97 Å². The van der Waals surface area contributed by atoms with Gasteiger partial charge in [0.15, 0.2) is 17.2 Å². The van der Waals surface area contributed by atoms with Crippen molar-refractivity contribution in [3.8, 4) is 12.1 Å². The Hall–Kier alpha value is -3.95. The average molecular weight is 462 g/mol. The van der Waals surface area contributed by atoms with Crippen LogP contribution in [0.15, 0.2) is 24.3 Å². The van der Waals surface area contributed by atoms with Crippen LogP contribution in [-0.4, -0.2) is 39.1 Å². The number of nitrogens with one attached hydrogen (secondary N) is 1. The normalized spacial score (nSPS) is 16.3. The molecule has 1 fully saturated rings. The molecule has 10 heteroatoms. The summed E-state index contributed by atoms with van der Waals surface area (Å²) in [5.41, 5.74) is 3.27. The minimum atomic E-state index is -1.19. The fourth-order valence-electron chi connectivity index (χ4n) is 4.03. The van der Waals surface area contributed by atoms with Crippen molar-refractivity contribution < 1.29 is 9.90 Å². The zero-order valence-corrected chi connectivity index (χ0v) is 18.8. The van der Waals surface area contributed by atoms with Crippen LogP contribution in [-0.2, 0) is 0 Å². The van der Waals surface area contributed by atoms with Gasteiger partial charge in [-0.2, -0.15) is 10.5 Å². The SMILES string of the molecule is Cc1cc([C@@H](C)Nc2ccc(Cl)nc2C(=O)O)c2nc(N3CC[C@H](C#N)C3)c(C#N)nc2c1. The Kier molecular flexibility index (Phi) is 5.99. The van der Waals surface area contributed by atoms with Gasteiger partial charge in [-0.15, -0.1) is 0 Å². The highest BCUT2D eigenvalue weighted by Gasteiger charge is 2.27. The van der Waals surface area contributed by atoms with Crippen LogP contribution in [0.5, 0.6) is 0 Å². The molecule has 0 unspecified atom stereocenters. The molecule has 166 valence electrons. The summed E-state index contributed by atoms with van der Waals surface area (Å²) in [7, 11) is 0. The third-order valence-corrected chi connectivity index (χ3v) is 5.81. The number of carboxylic acids is 1. The predicted octanol–water partition coefficient (Wildman–Crippen LogP) is 4.08. The van der Waals surface area contributed by atoms with E-state index in [1.807, 2.05) is 30.9 Å². The highest BCUT2D eigenvalue weighted by atomic mass is 35.5. The van der Waals surface area contributed by atoms with E-state index < -0.39 is 5.97 Å². The monoisotopic (exact) mass is 461 g/mol. The Morgan fingerprint density at radius 1 is 1.30 bits per heavy atom. The Morgan fingerprint density at radius 2 is 2.09 bits per heavy atom. The van der Waals surface area contributed by atoms with Gasteiger partial charge in [0.05, 0.1) is 34.7 Å². The van der Waals surface area contributed by atoms with E-state index in [0.717, 1.165) is 11.1 Å². The number of halogens is 1. The molecule has 1 aliphatic heterocycles. The molecule has 0 saturated carbocycles. The van der Waals surface area contributed by atoms with Crippen LogP contribution in [0.1, 0.15) is 46.7 Å². The van der Waals surface area contributed by atoms with E-state index in [1.165, 1.54) is 6.07 Å². The number of aromatic carboxylic acids is 1. The lowest BCUT2D eigenvalue weighted by Crippen LogP contribution is -2.22. The molecule has 1 aromatic carbocycles. The van der Waals surface area contributed by atoms with Crippen LogP contribution < -0.4 is 10.2 Å². The summed E-state index contributed by atoms with van der Waals surface area (Å²) in [6.45, 7) is 4.93. The number of anilines is 2. The lowest BCUT2D eigenvalue weighted by molar-refractivity contribution is 0.0691. The number of pyridine rings is 1. The summed E-state index contributed by atoms with van der Waals surface area (Å²) in [6, 6.07) is 11.0. The van der Waals surface area contributed by atoms with Gasteiger partial charge in [-0.25, -0.2) is 19.7 Å². The Morgan fingerprint density at radius 3 is 2.76 bits per heavy atom. The fraction of sp³-hybridized carbons (Fsp3) is 0.304. The summed E-state index contributed by atoms with van der Waals surface area (Å²) in [5, 5.41) is 31.7. The van der Waals surface area contributed by atoms with Crippen LogP contribution >= 0.6 is 11.6 Å². The number of aromatic nitrogens is 3. The van der Waals surface area contributed by atoms with E-state index in [-0.39, 0.29) is 28.5 Å². The number of nitrogens with zero attached hydrogens (tertiary/aromatic N) is 6. The molecule has 3 aromatic rings. The molecule has 2 aromatic heterocycles. The summed E-state index contributed by atoms with van der Waals surface area (Å²) in [6.07, 6.45) is 0.710. The van der Waals surface area contributed by atoms with Gasteiger partial charge in [0.1, 0.15) is 11.2 Å². The largest absolute Gasteiger partial charge is 0.476 e. The zero-order valence-electron chi connectivity index (χ0n) is 18.0. The lowest BCUT2D eigenvalue weighted by atomic mass is 10.0. The summed E-state index contributed by atoms with van der Waals surface area (Å²) >= 11 is 5.87. The van der Waals surface area contributed by atoms with Crippen molar-refractivity contribution in [3.63, 3.8) is 0 Å². The zero-order chi connectivity index (χ0) is 23.7. The number of carbonyl (C=O) groups is 1. The van der Waals surface area contributed by atoms with Gasteiger partial charge < -0.3 is 15.3 Å². The second kappa shape index (κ2) is 8.89. The fourth-order valence-corrected chi connectivity index (χ4v) is 4.18. The van der Waals surface area contributed by atoms with E-state index in [4.69, 9.17) is 16.6 Å². The number of aryl methyl sites for hydroxylation is 1. The van der Waals surface area contributed by atoms with E-state index in [9.17, 15) is 20.4 Å². The molecule has 33 heavy (non-hydrogen) atoms. The summed E-state index contributed by atoms with van der Waals surface area (Å²) in [4.78, 5) is 26.8. The molecule has 0 bridgehead atoms. The second-order valence-corrected chi connectivity index (χ2v) is 8.38. The maximum absolute atomic E-state index is 11.6. The van der Waals surface area contributed by atoms with Gasteiger partial charge in [-0.05, 0) is 44.0 Å². The predicted molar refractivity (Wildman–Crippen MR) is 123 cm³/mol. The van der Waals surface area contributed by atoms with E-state index in [2.05, 4.69) is 27.4 Å². The maximum atomic E-state index is 11.6. The number of benzene rings is 1. The average Bonchev–Trinajstić information content (AvgIpc) is 3.27. The van der Waals surface area contributed by atoms with E-state index in [1.54, 1.807) is 6.07 Å². The Labute approximate surface area is 195 Å². The van der Waals surface area contributed by atoms with Crippen LogP contribution in [0.25, 0.3) is 11.0 Å². The first-order chi connectivity index (χ1) is 15.8. The molecular weight excluding hydrogens is 442 g/mol. The van der Waals surface area contributed by atoms with Gasteiger partial charge in [0.25, 0.3) is 0 Å².